The molecule has 0 aliphatic carbocycles. The molecule has 0 spiro atoms. The molecule has 210 valence electrons. The number of rotatable bonds is 4. The van der Waals surface area contributed by atoms with Crippen molar-refractivity contribution in [1.82, 2.24) is 0 Å². The van der Waals surface area contributed by atoms with Gasteiger partial charge >= 0.3 is 0 Å². The third kappa shape index (κ3) is 4.02. The van der Waals surface area contributed by atoms with Crippen molar-refractivity contribution < 1.29 is 25.0 Å². The average molecular weight is 588 g/mol. The molecule has 9 aromatic rings. The molecule has 0 atom stereocenters. The van der Waals surface area contributed by atoms with E-state index in [1.165, 1.54) is 0 Å². The van der Waals surface area contributed by atoms with E-state index in [9.17, 15) is 4.11 Å². The summed E-state index contributed by atoms with van der Waals surface area (Å²) >= 11 is 0. The first-order valence-corrected chi connectivity index (χ1v) is 14.2. The standard InChI is InChI=1S/C44H28O/c1-3-15-29(16-4-1)31-19-7-8-20-33(31)41-34-21-9-11-23-36(34)42(37-24-12-10-22-35(37)41)38-26-14-28-40-43(38)39-27-13-25-32(44(39)45-40)30-17-5-2-6-18-30/h1-28H/i2D,5D,6D,7D,8D,13D,14D,17D,18D,19D,20D,25D,26D,27D,28D. The molecule has 0 bridgehead atoms. The lowest BCUT2D eigenvalue weighted by Crippen LogP contribution is -1.93. The normalized spacial score (nSPS) is 16.2. The van der Waals surface area contributed by atoms with Crippen molar-refractivity contribution in [2.75, 3.05) is 0 Å². The van der Waals surface area contributed by atoms with Crippen LogP contribution in [-0.2, 0) is 0 Å². The SMILES string of the molecule is [2H]c1c([2H])c([2H])c(-c2c([2H])c([2H])c([2H])c3c2oc2c([2H])c([2H])c([2H])c(-c4c5ccccc5c(-c5c([2H])c([2H])c([2H])c([2H])c5-c5ccccc5)c5ccccc45)c23)c([2H])c1[2H]. The quantitative estimate of drug-likeness (QED) is 0.187. The molecule has 0 N–H and O–H groups in total. The van der Waals surface area contributed by atoms with Crippen molar-refractivity contribution in [3.63, 3.8) is 0 Å². The predicted octanol–water partition coefficient (Wildman–Crippen LogP) is 12.6. The van der Waals surface area contributed by atoms with Crippen LogP contribution < -0.4 is 0 Å². The lowest BCUT2D eigenvalue weighted by molar-refractivity contribution is 0.670. The van der Waals surface area contributed by atoms with Gasteiger partial charge in [0, 0.05) is 16.3 Å². The second-order valence-electron chi connectivity index (χ2n) is 10.5. The van der Waals surface area contributed by atoms with Gasteiger partial charge < -0.3 is 4.42 Å². The number of hydrogen-bond acceptors (Lipinski definition) is 1. The summed E-state index contributed by atoms with van der Waals surface area (Å²) in [6.45, 7) is 0. The van der Waals surface area contributed by atoms with E-state index in [2.05, 4.69) is 0 Å². The lowest BCUT2D eigenvalue weighted by Gasteiger charge is -2.20. The maximum absolute atomic E-state index is 9.51. The Kier molecular flexibility index (Phi) is 3.39. The monoisotopic (exact) mass is 587 g/mol. The van der Waals surface area contributed by atoms with Crippen LogP contribution in [-0.4, -0.2) is 0 Å². The average Bonchev–Trinajstić information content (AvgIpc) is 3.65. The maximum Gasteiger partial charge on any atom is 0.143 e. The highest BCUT2D eigenvalue weighted by molar-refractivity contribution is 6.26. The molecule has 1 nitrogen and oxygen atoms in total. The van der Waals surface area contributed by atoms with Crippen LogP contribution in [0.1, 0.15) is 20.6 Å². The molecule has 9 rings (SSSR count). The Labute approximate surface area is 282 Å². The van der Waals surface area contributed by atoms with Gasteiger partial charge in [-0.25, -0.2) is 0 Å². The molecule has 1 heterocycles. The number of furan rings is 1. The van der Waals surface area contributed by atoms with Crippen LogP contribution in [0.3, 0.4) is 0 Å². The summed E-state index contributed by atoms with van der Waals surface area (Å²) in [6, 6.07) is 14.8. The van der Waals surface area contributed by atoms with Crippen LogP contribution in [0.25, 0.3) is 88.0 Å². The number of benzene rings is 8. The van der Waals surface area contributed by atoms with E-state index in [4.69, 9.17) is 20.9 Å². The first-order valence-electron chi connectivity index (χ1n) is 21.7. The topological polar surface area (TPSA) is 13.1 Å². The highest BCUT2D eigenvalue weighted by Gasteiger charge is 2.22. The number of para-hydroxylation sites is 1. The van der Waals surface area contributed by atoms with Crippen LogP contribution in [0, 0.1) is 0 Å². The molecular formula is C44H28O. The zero-order chi connectivity index (χ0) is 42.8. The molecule has 45 heavy (non-hydrogen) atoms. The van der Waals surface area contributed by atoms with Gasteiger partial charge in [-0.1, -0.05) is 163 Å². The van der Waals surface area contributed by atoms with E-state index in [-0.39, 0.29) is 56.3 Å². The third-order valence-corrected chi connectivity index (χ3v) is 8.06. The van der Waals surface area contributed by atoms with E-state index < -0.39 is 84.1 Å². The molecular weight excluding hydrogens is 544 g/mol. The molecule has 0 radical (unpaired) electrons. The number of fused-ring (bicyclic) bond motifs is 5. The van der Waals surface area contributed by atoms with Crippen LogP contribution in [0.15, 0.2) is 174 Å². The van der Waals surface area contributed by atoms with Gasteiger partial charge in [0.25, 0.3) is 0 Å². The van der Waals surface area contributed by atoms with E-state index in [1.807, 2.05) is 0 Å². The fourth-order valence-corrected chi connectivity index (χ4v) is 6.21. The summed E-state index contributed by atoms with van der Waals surface area (Å²) in [4.78, 5) is 0. The van der Waals surface area contributed by atoms with Gasteiger partial charge in [0.15, 0.2) is 0 Å². The van der Waals surface area contributed by atoms with E-state index in [1.54, 1.807) is 78.9 Å². The zero-order valence-corrected chi connectivity index (χ0v) is 23.4. The minimum atomic E-state index is -0.698. The number of hydrogen-bond donors (Lipinski definition) is 0. The van der Waals surface area contributed by atoms with Crippen LogP contribution in [0.4, 0.5) is 0 Å². The van der Waals surface area contributed by atoms with E-state index in [0.717, 1.165) is 0 Å². The highest BCUT2D eigenvalue weighted by atomic mass is 16.3. The molecule has 1 aromatic heterocycles. The second-order valence-corrected chi connectivity index (χ2v) is 10.5. The molecule has 0 unspecified atom stereocenters. The van der Waals surface area contributed by atoms with Crippen molar-refractivity contribution in [3.05, 3.63) is 169 Å². The Morgan fingerprint density at radius 1 is 0.378 bits per heavy atom. The van der Waals surface area contributed by atoms with Gasteiger partial charge in [0.1, 0.15) is 11.2 Å². The second kappa shape index (κ2) is 10.4. The Morgan fingerprint density at radius 2 is 0.911 bits per heavy atom. The van der Waals surface area contributed by atoms with E-state index >= 15 is 0 Å². The van der Waals surface area contributed by atoms with Gasteiger partial charge in [-0.2, -0.15) is 0 Å². The van der Waals surface area contributed by atoms with Gasteiger partial charge in [0.2, 0.25) is 0 Å². The first-order chi connectivity index (χ1) is 28.6. The summed E-state index contributed by atoms with van der Waals surface area (Å²) in [5.74, 6) is 0. The smallest absolute Gasteiger partial charge is 0.143 e. The Bertz CT molecular complexity index is 3290. The molecule has 0 fully saturated rings. The molecule has 0 aliphatic heterocycles. The van der Waals surface area contributed by atoms with Crippen molar-refractivity contribution in [3.8, 4) is 44.5 Å². The summed E-state index contributed by atoms with van der Waals surface area (Å²) in [5.41, 5.74) is 0.473. The fourth-order valence-electron chi connectivity index (χ4n) is 6.21. The van der Waals surface area contributed by atoms with Crippen molar-refractivity contribution in [1.29, 1.82) is 0 Å². The minimum Gasteiger partial charge on any atom is -0.455 e. The van der Waals surface area contributed by atoms with Gasteiger partial charge in [-0.15, -0.1) is 0 Å². The van der Waals surface area contributed by atoms with Gasteiger partial charge in [-0.05, 0) is 66.5 Å². The summed E-state index contributed by atoms with van der Waals surface area (Å²) in [5, 5.41) is 1.77. The Hall–Kier alpha value is -5.92. The van der Waals surface area contributed by atoms with Crippen molar-refractivity contribution in [2.24, 2.45) is 0 Å². The Morgan fingerprint density at radius 3 is 1.60 bits per heavy atom. The fraction of sp³-hybridized carbons (Fsp3) is 0. The molecule has 0 aliphatic rings. The summed E-state index contributed by atoms with van der Waals surface area (Å²) < 4.78 is 139. The summed E-state index contributed by atoms with van der Waals surface area (Å²) in [7, 11) is 0. The first kappa shape index (κ1) is 14.7. The predicted molar refractivity (Wildman–Crippen MR) is 190 cm³/mol. The molecule has 1 heteroatoms. The van der Waals surface area contributed by atoms with Crippen molar-refractivity contribution >= 4 is 43.5 Å². The maximum atomic E-state index is 9.51. The minimum absolute atomic E-state index is 0.0274. The van der Waals surface area contributed by atoms with Crippen molar-refractivity contribution in [2.45, 2.75) is 0 Å². The summed E-state index contributed by atoms with van der Waals surface area (Å²) in [6.07, 6.45) is 0. The lowest BCUT2D eigenvalue weighted by atomic mass is 9.83. The van der Waals surface area contributed by atoms with Crippen LogP contribution >= 0.6 is 0 Å². The van der Waals surface area contributed by atoms with Crippen LogP contribution in [0.5, 0.6) is 0 Å². The van der Waals surface area contributed by atoms with Gasteiger partial charge in [0.05, 0.1) is 20.6 Å². The highest BCUT2D eigenvalue weighted by Crippen LogP contribution is 2.48. The zero-order valence-electron chi connectivity index (χ0n) is 38.4. The molecule has 0 amide bonds. The van der Waals surface area contributed by atoms with Crippen LogP contribution in [0.2, 0.25) is 0 Å². The largest absolute Gasteiger partial charge is 0.455 e. The molecule has 0 saturated carbocycles. The van der Waals surface area contributed by atoms with E-state index in [0.29, 0.717) is 38.2 Å². The Balaban J connectivity index is 1.51. The van der Waals surface area contributed by atoms with Gasteiger partial charge in [-0.3, -0.25) is 0 Å². The molecule has 0 saturated heterocycles. The molecule has 8 aromatic carbocycles. The third-order valence-electron chi connectivity index (χ3n) is 8.06.